The number of aliphatic carboxylic acids is 1. The quantitative estimate of drug-likeness (QED) is 0.301. The number of aromatic nitrogens is 1. The fourth-order valence-electron chi connectivity index (χ4n) is 4.48. The highest BCUT2D eigenvalue weighted by molar-refractivity contribution is 5.90. The van der Waals surface area contributed by atoms with Gasteiger partial charge in [0, 0.05) is 28.8 Å². The number of rotatable bonds is 6. The molecule has 0 fully saturated rings. The Kier molecular flexibility index (Phi) is 6.00. The second-order valence-electron chi connectivity index (χ2n) is 8.12. The Morgan fingerprint density at radius 2 is 1.09 bits per heavy atom. The Morgan fingerprint density at radius 1 is 0.618 bits per heavy atom. The summed E-state index contributed by atoms with van der Waals surface area (Å²) in [4.78, 5) is 12.2. The minimum atomic E-state index is -0.862. The lowest BCUT2D eigenvalue weighted by Gasteiger charge is -2.18. The van der Waals surface area contributed by atoms with Crippen LogP contribution in [0.15, 0.2) is 128 Å². The highest BCUT2D eigenvalue weighted by Crippen LogP contribution is 2.39. The van der Waals surface area contributed by atoms with E-state index in [0.29, 0.717) is 0 Å². The van der Waals surface area contributed by atoms with E-state index in [9.17, 15) is 9.90 Å². The minimum absolute atomic E-state index is 0.0953. The molecule has 3 heteroatoms. The summed E-state index contributed by atoms with van der Waals surface area (Å²) in [6, 6.07) is 40.4. The topological polar surface area (TPSA) is 41.2 Å². The van der Waals surface area contributed by atoms with E-state index in [1.165, 1.54) is 0 Å². The summed E-state index contributed by atoms with van der Waals surface area (Å²) in [6.45, 7) is 0. The molecule has 0 bridgehead atoms. The molecule has 1 aromatic heterocycles. The van der Waals surface area contributed by atoms with Crippen LogP contribution in [0.3, 0.4) is 0 Å². The van der Waals surface area contributed by atoms with Gasteiger partial charge in [-0.25, -0.2) is 0 Å². The molecule has 1 N–H and O–H groups in total. The number of para-hydroxylation sites is 1. The van der Waals surface area contributed by atoms with E-state index >= 15 is 0 Å². The van der Waals surface area contributed by atoms with Crippen LogP contribution in [-0.4, -0.2) is 11.1 Å². The molecule has 5 aromatic rings. The zero-order chi connectivity index (χ0) is 23.3. The molecule has 5 rings (SSSR count). The van der Waals surface area contributed by atoms with Crippen molar-refractivity contribution in [2.45, 2.75) is 6.42 Å². The molecule has 1 heterocycles. The van der Waals surface area contributed by atoms with Gasteiger partial charge in [-0.15, -0.1) is 0 Å². The van der Waals surface area contributed by atoms with Crippen molar-refractivity contribution in [2.75, 3.05) is 0 Å². The highest BCUT2D eigenvalue weighted by atomic mass is 16.4. The molecule has 0 amide bonds. The average molecular weight is 443 g/mol. The van der Waals surface area contributed by atoms with Crippen LogP contribution >= 0.6 is 0 Å². The zero-order valence-corrected chi connectivity index (χ0v) is 18.6. The normalized spacial score (nSPS) is 10.7. The van der Waals surface area contributed by atoms with Crippen molar-refractivity contribution in [2.24, 2.45) is 0 Å². The number of hydrogen-bond donors (Lipinski definition) is 1. The molecule has 0 aliphatic heterocycles. The first kappa shape index (κ1) is 21.4. The fourth-order valence-corrected chi connectivity index (χ4v) is 4.48. The van der Waals surface area contributed by atoms with E-state index in [1.807, 2.05) is 97.1 Å². The Labute approximate surface area is 199 Å². The summed E-state index contributed by atoms with van der Waals surface area (Å²) in [5.74, 6) is -0.862. The lowest BCUT2D eigenvalue weighted by atomic mass is 9.87. The predicted molar refractivity (Wildman–Crippen MR) is 136 cm³/mol. The zero-order valence-electron chi connectivity index (χ0n) is 18.6. The lowest BCUT2D eigenvalue weighted by molar-refractivity contribution is -0.583. The van der Waals surface area contributed by atoms with Crippen LogP contribution < -0.4 is 4.57 Å². The summed E-state index contributed by atoms with van der Waals surface area (Å²) >= 11 is 0. The lowest BCUT2D eigenvalue weighted by Crippen LogP contribution is -2.35. The van der Waals surface area contributed by atoms with Crippen molar-refractivity contribution in [1.29, 1.82) is 0 Å². The Balaban J connectivity index is 1.97. The Bertz CT molecular complexity index is 1310. The predicted octanol–water partition coefficient (Wildman–Crippen LogP) is 6.59. The minimum Gasteiger partial charge on any atom is -0.481 e. The van der Waals surface area contributed by atoms with Crippen molar-refractivity contribution < 1.29 is 14.5 Å². The number of carboxylic acid groups (broad SMARTS) is 1. The molecule has 4 aromatic carbocycles. The molecule has 0 spiro atoms. The number of hydrogen-bond acceptors (Lipinski definition) is 1. The van der Waals surface area contributed by atoms with Crippen LogP contribution in [0.4, 0.5) is 0 Å². The van der Waals surface area contributed by atoms with Gasteiger partial charge in [0.2, 0.25) is 11.4 Å². The van der Waals surface area contributed by atoms with Gasteiger partial charge >= 0.3 is 5.97 Å². The molecule has 0 radical (unpaired) electrons. The van der Waals surface area contributed by atoms with Gasteiger partial charge in [0.25, 0.3) is 0 Å². The molecule has 0 atom stereocenters. The van der Waals surface area contributed by atoms with Crippen LogP contribution in [0.2, 0.25) is 0 Å². The van der Waals surface area contributed by atoms with Crippen LogP contribution in [0.5, 0.6) is 0 Å². The maximum Gasteiger partial charge on any atom is 0.308 e. The third-order valence-corrected chi connectivity index (χ3v) is 5.91. The fraction of sp³-hybridized carbons (Fsp3) is 0.0323. The first-order valence-electron chi connectivity index (χ1n) is 11.3. The molecule has 0 aliphatic rings. The van der Waals surface area contributed by atoms with Gasteiger partial charge in [-0.2, -0.15) is 4.57 Å². The van der Waals surface area contributed by atoms with E-state index in [4.69, 9.17) is 0 Å². The second kappa shape index (κ2) is 9.55. The number of carboxylic acids is 1. The third kappa shape index (κ3) is 4.24. The van der Waals surface area contributed by atoms with E-state index < -0.39 is 5.97 Å². The summed E-state index contributed by atoms with van der Waals surface area (Å²) in [6.07, 6.45) is 2.04. The molecule has 0 aliphatic carbocycles. The van der Waals surface area contributed by atoms with E-state index in [2.05, 4.69) is 35.0 Å². The van der Waals surface area contributed by atoms with Gasteiger partial charge in [0.05, 0.1) is 12.0 Å². The third-order valence-electron chi connectivity index (χ3n) is 5.91. The molecular weight excluding hydrogens is 418 g/mol. The maximum absolute atomic E-state index is 12.2. The van der Waals surface area contributed by atoms with Crippen LogP contribution in [0.25, 0.3) is 39.2 Å². The number of benzene rings is 4. The summed E-state index contributed by atoms with van der Waals surface area (Å²) in [5.41, 5.74) is 7.59. The molecule has 0 saturated carbocycles. The van der Waals surface area contributed by atoms with E-state index in [-0.39, 0.29) is 6.42 Å². The van der Waals surface area contributed by atoms with Gasteiger partial charge in [0.1, 0.15) is 0 Å². The van der Waals surface area contributed by atoms with Crippen molar-refractivity contribution in [3.05, 3.63) is 133 Å². The SMILES string of the molecule is O=C(O)Cc1c(-c2ccccc2)c(-c2ccccc2)c[n+](-c2ccccc2)c1-c1ccccc1. The first-order chi connectivity index (χ1) is 16.7. The molecule has 164 valence electrons. The van der Waals surface area contributed by atoms with Crippen LogP contribution in [-0.2, 0) is 11.2 Å². The van der Waals surface area contributed by atoms with Crippen molar-refractivity contribution in [3.63, 3.8) is 0 Å². The molecule has 34 heavy (non-hydrogen) atoms. The Morgan fingerprint density at radius 3 is 1.62 bits per heavy atom. The van der Waals surface area contributed by atoms with Gasteiger partial charge in [0.15, 0.2) is 6.20 Å². The number of carbonyl (C=O) groups is 1. The molecule has 0 unspecified atom stereocenters. The van der Waals surface area contributed by atoms with Crippen molar-refractivity contribution in [3.8, 4) is 39.2 Å². The molecular formula is C31H24NO2+. The summed E-state index contributed by atoms with van der Waals surface area (Å²) < 4.78 is 2.13. The van der Waals surface area contributed by atoms with Crippen LogP contribution in [0, 0.1) is 0 Å². The Hall–Kier alpha value is -4.50. The van der Waals surface area contributed by atoms with Crippen molar-refractivity contribution >= 4 is 5.97 Å². The summed E-state index contributed by atoms with van der Waals surface area (Å²) in [5, 5.41) is 10.0. The van der Waals surface area contributed by atoms with Gasteiger partial charge in [-0.1, -0.05) is 97.1 Å². The highest BCUT2D eigenvalue weighted by Gasteiger charge is 2.29. The van der Waals surface area contributed by atoms with Gasteiger partial charge in [-0.3, -0.25) is 4.79 Å². The van der Waals surface area contributed by atoms with E-state index in [1.54, 1.807) is 0 Å². The second-order valence-corrected chi connectivity index (χ2v) is 8.12. The molecule has 3 nitrogen and oxygen atoms in total. The largest absolute Gasteiger partial charge is 0.481 e. The van der Waals surface area contributed by atoms with Crippen LogP contribution in [0.1, 0.15) is 5.56 Å². The summed E-state index contributed by atoms with van der Waals surface area (Å²) in [7, 11) is 0. The standard InChI is InChI=1S/C31H23NO2/c33-29(34)21-27-30(24-15-7-2-8-16-24)28(23-13-5-1-6-14-23)22-32(26-19-11-4-12-20-26)31(27)25-17-9-3-10-18-25/h1-20,22H,21H2/p+1. The smallest absolute Gasteiger partial charge is 0.308 e. The number of nitrogens with zero attached hydrogens (tertiary/aromatic N) is 1. The number of pyridine rings is 1. The van der Waals surface area contributed by atoms with Gasteiger partial charge in [-0.05, 0) is 23.3 Å². The molecule has 0 saturated heterocycles. The maximum atomic E-state index is 12.2. The average Bonchev–Trinajstić information content (AvgIpc) is 2.90. The van der Waals surface area contributed by atoms with Gasteiger partial charge < -0.3 is 5.11 Å². The van der Waals surface area contributed by atoms with Crippen molar-refractivity contribution in [1.82, 2.24) is 0 Å². The van der Waals surface area contributed by atoms with E-state index in [0.717, 1.165) is 44.8 Å². The first-order valence-corrected chi connectivity index (χ1v) is 11.3. The monoisotopic (exact) mass is 442 g/mol.